The van der Waals surface area contributed by atoms with Gasteiger partial charge in [0.05, 0.1) is 12.2 Å². The van der Waals surface area contributed by atoms with Crippen LogP contribution in [0.15, 0.2) is 24.3 Å². The Bertz CT molecular complexity index is 433. The zero-order valence-corrected chi connectivity index (χ0v) is 13.6. The molecule has 0 spiro atoms. The molecule has 1 aromatic carbocycles. The van der Waals surface area contributed by atoms with Crippen LogP contribution in [0.4, 0.5) is 0 Å². The van der Waals surface area contributed by atoms with Gasteiger partial charge in [-0.3, -0.25) is 4.90 Å². The fourth-order valence-corrected chi connectivity index (χ4v) is 2.95. The molecule has 3 nitrogen and oxygen atoms in total. The minimum absolute atomic E-state index is 0.318. The summed E-state index contributed by atoms with van der Waals surface area (Å²) in [4.78, 5) is 2.48. The molecule has 1 aromatic rings. The average Bonchev–Trinajstić information content (AvgIpc) is 2.45. The minimum atomic E-state index is 0.318. The van der Waals surface area contributed by atoms with Gasteiger partial charge in [0.1, 0.15) is 5.75 Å². The predicted molar refractivity (Wildman–Crippen MR) is 86.4 cm³/mol. The number of phenolic OH excluding ortho intramolecular Hbond substituents is 1. The van der Waals surface area contributed by atoms with Crippen molar-refractivity contribution in [1.29, 1.82) is 0 Å². The number of nitrogens with zero attached hydrogens (tertiary/aromatic N) is 1. The summed E-state index contributed by atoms with van der Waals surface area (Å²) in [7, 11) is 0. The summed E-state index contributed by atoms with van der Waals surface area (Å²) in [6, 6.07) is 7.59. The molecule has 1 saturated heterocycles. The third-order valence-electron chi connectivity index (χ3n) is 4.21. The Hall–Kier alpha value is -1.06. The number of hydrogen-bond donors (Lipinski definition) is 1. The maximum Gasteiger partial charge on any atom is 0.115 e. The molecule has 1 fully saturated rings. The number of aromatic hydroxyl groups is 1. The van der Waals surface area contributed by atoms with Crippen molar-refractivity contribution in [3.8, 4) is 5.75 Å². The lowest BCUT2D eigenvalue weighted by molar-refractivity contribution is -0.108. The first-order valence-corrected chi connectivity index (χ1v) is 8.24. The number of ether oxygens (including phenoxy) is 1. The third-order valence-corrected chi connectivity index (χ3v) is 4.21. The highest BCUT2D eigenvalue weighted by Gasteiger charge is 2.29. The van der Waals surface area contributed by atoms with Crippen LogP contribution < -0.4 is 0 Å². The number of benzene rings is 1. The Morgan fingerprint density at radius 3 is 2.81 bits per heavy atom. The molecule has 1 heterocycles. The molecule has 2 atom stereocenters. The molecule has 118 valence electrons. The van der Waals surface area contributed by atoms with Crippen LogP contribution >= 0.6 is 0 Å². The van der Waals surface area contributed by atoms with E-state index in [4.69, 9.17) is 4.74 Å². The standard InChI is InChI=1S/C18H29NO2/c1-4-5-9-17-12-19(13-18(21-17)14(2)3)11-15-7-6-8-16(20)10-15/h6-8,10,14,17-18,20H,4-5,9,11-13H2,1-3H3/t17-,18-/m1/s1. The summed E-state index contributed by atoms with van der Waals surface area (Å²) in [6.45, 7) is 9.57. The van der Waals surface area contributed by atoms with Gasteiger partial charge < -0.3 is 9.84 Å². The van der Waals surface area contributed by atoms with Gasteiger partial charge >= 0.3 is 0 Å². The topological polar surface area (TPSA) is 32.7 Å². The largest absolute Gasteiger partial charge is 0.508 e. The van der Waals surface area contributed by atoms with Gasteiger partial charge in [-0.1, -0.05) is 45.7 Å². The highest BCUT2D eigenvalue weighted by atomic mass is 16.5. The lowest BCUT2D eigenvalue weighted by atomic mass is 10.0. The van der Waals surface area contributed by atoms with Gasteiger partial charge in [0, 0.05) is 19.6 Å². The molecule has 0 unspecified atom stereocenters. The zero-order chi connectivity index (χ0) is 15.2. The normalized spacial score (nSPS) is 23.6. The van der Waals surface area contributed by atoms with Gasteiger partial charge in [-0.25, -0.2) is 0 Å². The van der Waals surface area contributed by atoms with Crippen molar-refractivity contribution in [1.82, 2.24) is 4.90 Å². The second kappa shape index (κ2) is 7.81. The number of hydrogen-bond acceptors (Lipinski definition) is 3. The van der Waals surface area contributed by atoms with Crippen LogP contribution in [0.3, 0.4) is 0 Å². The molecule has 1 aliphatic heterocycles. The SMILES string of the molecule is CCCC[C@@H]1CN(Cc2cccc(O)c2)C[C@H](C(C)C)O1. The summed E-state index contributed by atoms with van der Waals surface area (Å²) < 4.78 is 6.25. The van der Waals surface area contributed by atoms with Crippen molar-refractivity contribution in [2.75, 3.05) is 13.1 Å². The van der Waals surface area contributed by atoms with E-state index in [1.54, 1.807) is 6.07 Å². The molecule has 3 heteroatoms. The first-order chi connectivity index (χ1) is 10.1. The van der Waals surface area contributed by atoms with Crippen molar-refractivity contribution >= 4 is 0 Å². The van der Waals surface area contributed by atoms with E-state index in [-0.39, 0.29) is 0 Å². The zero-order valence-electron chi connectivity index (χ0n) is 13.6. The Morgan fingerprint density at radius 2 is 2.14 bits per heavy atom. The van der Waals surface area contributed by atoms with Crippen molar-refractivity contribution in [2.45, 2.75) is 58.8 Å². The second-order valence-corrected chi connectivity index (χ2v) is 6.55. The molecule has 0 aromatic heterocycles. The number of rotatable bonds is 6. The van der Waals surface area contributed by atoms with Gasteiger partial charge in [0.15, 0.2) is 0 Å². The predicted octanol–water partition coefficient (Wildman–Crippen LogP) is 3.81. The quantitative estimate of drug-likeness (QED) is 0.865. The lowest BCUT2D eigenvalue weighted by Crippen LogP contribution is -2.48. The monoisotopic (exact) mass is 291 g/mol. The molecule has 21 heavy (non-hydrogen) atoms. The smallest absolute Gasteiger partial charge is 0.115 e. The van der Waals surface area contributed by atoms with Gasteiger partial charge in [-0.15, -0.1) is 0 Å². The van der Waals surface area contributed by atoms with E-state index >= 15 is 0 Å². The summed E-state index contributed by atoms with van der Waals surface area (Å²) in [6.07, 6.45) is 4.27. The van der Waals surface area contributed by atoms with Crippen LogP contribution in [0, 0.1) is 5.92 Å². The summed E-state index contributed by atoms with van der Waals surface area (Å²) in [5.41, 5.74) is 1.17. The molecule has 0 saturated carbocycles. The summed E-state index contributed by atoms with van der Waals surface area (Å²) in [5, 5.41) is 9.61. The van der Waals surface area contributed by atoms with Crippen molar-refractivity contribution in [2.24, 2.45) is 5.92 Å². The molecule has 0 aliphatic carbocycles. The molecule has 0 radical (unpaired) electrons. The van der Waals surface area contributed by atoms with E-state index in [0.29, 0.717) is 23.9 Å². The molecular formula is C18H29NO2. The fraction of sp³-hybridized carbons (Fsp3) is 0.667. The van der Waals surface area contributed by atoms with Crippen LogP contribution in [0.25, 0.3) is 0 Å². The van der Waals surface area contributed by atoms with E-state index in [0.717, 1.165) is 26.1 Å². The van der Waals surface area contributed by atoms with Crippen LogP contribution in [-0.4, -0.2) is 35.3 Å². The number of phenols is 1. The van der Waals surface area contributed by atoms with Crippen molar-refractivity contribution in [3.05, 3.63) is 29.8 Å². The Morgan fingerprint density at radius 1 is 1.33 bits per heavy atom. The lowest BCUT2D eigenvalue weighted by Gasteiger charge is -2.40. The molecule has 1 aliphatic rings. The molecule has 0 amide bonds. The second-order valence-electron chi connectivity index (χ2n) is 6.55. The maximum atomic E-state index is 9.61. The number of morpholine rings is 1. The first kappa shape index (κ1) is 16.3. The van der Waals surface area contributed by atoms with Crippen LogP contribution in [0.2, 0.25) is 0 Å². The van der Waals surface area contributed by atoms with Crippen LogP contribution in [-0.2, 0) is 11.3 Å². The van der Waals surface area contributed by atoms with E-state index in [9.17, 15) is 5.11 Å². The van der Waals surface area contributed by atoms with Crippen molar-refractivity contribution in [3.63, 3.8) is 0 Å². The highest BCUT2D eigenvalue weighted by molar-refractivity contribution is 5.27. The molecule has 0 bridgehead atoms. The van der Waals surface area contributed by atoms with E-state index in [1.807, 2.05) is 12.1 Å². The Labute approximate surface area is 128 Å². The van der Waals surface area contributed by atoms with E-state index in [1.165, 1.54) is 18.4 Å². The van der Waals surface area contributed by atoms with Crippen LogP contribution in [0.5, 0.6) is 5.75 Å². The van der Waals surface area contributed by atoms with Gasteiger partial charge in [-0.2, -0.15) is 0 Å². The first-order valence-electron chi connectivity index (χ1n) is 8.24. The van der Waals surface area contributed by atoms with Crippen molar-refractivity contribution < 1.29 is 9.84 Å². The Kier molecular flexibility index (Phi) is 6.07. The molecule has 1 N–H and O–H groups in total. The van der Waals surface area contributed by atoms with Gasteiger partial charge in [0.2, 0.25) is 0 Å². The fourth-order valence-electron chi connectivity index (χ4n) is 2.95. The van der Waals surface area contributed by atoms with Crippen LogP contribution in [0.1, 0.15) is 45.6 Å². The van der Waals surface area contributed by atoms with Gasteiger partial charge in [0.25, 0.3) is 0 Å². The summed E-state index contributed by atoms with van der Waals surface area (Å²) in [5.74, 6) is 0.893. The maximum absolute atomic E-state index is 9.61. The van der Waals surface area contributed by atoms with Gasteiger partial charge in [-0.05, 0) is 30.0 Å². The number of unbranched alkanes of at least 4 members (excludes halogenated alkanes) is 1. The van der Waals surface area contributed by atoms with E-state index < -0.39 is 0 Å². The average molecular weight is 291 g/mol. The minimum Gasteiger partial charge on any atom is -0.508 e. The Balaban J connectivity index is 1.99. The summed E-state index contributed by atoms with van der Waals surface area (Å²) >= 11 is 0. The molecule has 2 rings (SSSR count). The third kappa shape index (κ3) is 5.01. The highest BCUT2D eigenvalue weighted by Crippen LogP contribution is 2.23. The molecular weight excluding hydrogens is 262 g/mol. The van der Waals surface area contributed by atoms with E-state index in [2.05, 4.69) is 31.7 Å².